The van der Waals surface area contributed by atoms with Crippen molar-refractivity contribution in [3.63, 3.8) is 0 Å². The molecule has 1 aromatic rings. The number of rotatable bonds is 2. The summed E-state index contributed by atoms with van der Waals surface area (Å²) in [6.45, 7) is 0.807. The molecule has 1 aliphatic rings. The molecule has 1 unspecified atom stereocenters. The van der Waals surface area contributed by atoms with Crippen LogP contribution in [0.4, 0.5) is 4.39 Å². The molecule has 0 saturated heterocycles. The number of ether oxygens (including phenoxy) is 1. The van der Waals surface area contributed by atoms with E-state index in [1.54, 1.807) is 6.07 Å². The SMILES string of the molecule is NCC(F)c1ccc2c(c1)CCCO2. The molecule has 0 fully saturated rings. The van der Waals surface area contributed by atoms with Gasteiger partial charge in [-0.25, -0.2) is 4.39 Å². The van der Waals surface area contributed by atoms with Gasteiger partial charge in [0.05, 0.1) is 6.61 Å². The van der Waals surface area contributed by atoms with Gasteiger partial charge < -0.3 is 10.5 Å². The van der Waals surface area contributed by atoms with E-state index in [9.17, 15) is 4.39 Å². The number of fused-ring (bicyclic) bond motifs is 1. The molecule has 2 rings (SSSR count). The molecule has 0 aliphatic carbocycles. The minimum absolute atomic E-state index is 0.0413. The molecule has 1 heterocycles. The Kier molecular flexibility index (Phi) is 2.68. The molecule has 0 saturated carbocycles. The van der Waals surface area contributed by atoms with Crippen molar-refractivity contribution in [1.82, 2.24) is 0 Å². The van der Waals surface area contributed by atoms with Gasteiger partial charge in [0.15, 0.2) is 0 Å². The maximum absolute atomic E-state index is 13.3. The van der Waals surface area contributed by atoms with Crippen LogP contribution >= 0.6 is 0 Å². The second-order valence-corrected chi connectivity index (χ2v) is 3.52. The fourth-order valence-corrected chi connectivity index (χ4v) is 1.71. The van der Waals surface area contributed by atoms with Crippen LogP contribution in [0.15, 0.2) is 18.2 Å². The maximum atomic E-state index is 13.3. The zero-order valence-corrected chi connectivity index (χ0v) is 8.00. The number of benzene rings is 1. The summed E-state index contributed by atoms with van der Waals surface area (Å²) in [7, 11) is 0. The van der Waals surface area contributed by atoms with E-state index < -0.39 is 6.17 Å². The molecule has 2 N–H and O–H groups in total. The zero-order chi connectivity index (χ0) is 9.97. The standard InChI is InChI=1S/C11H14FNO/c12-10(7-13)8-3-4-11-9(6-8)2-1-5-14-11/h3-4,6,10H,1-2,5,7,13H2. The van der Waals surface area contributed by atoms with E-state index in [0.29, 0.717) is 5.56 Å². The van der Waals surface area contributed by atoms with Gasteiger partial charge in [0, 0.05) is 6.54 Å². The number of hydrogen-bond donors (Lipinski definition) is 1. The first-order chi connectivity index (χ1) is 6.81. The van der Waals surface area contributed by atoms with Gasteiger partial charge in [-0.15, -0.1) is 0 Å². The summed E-state index contributed by atoms with van der Waals surface area (Å²) in [4.78, 5) is 0. The summed E-state index contributed by atoms with van der Waals surface area (Å²) in [6, 6.07) is 5.46. The average molecular weight is 195 g/mol. The normalized spacial score (nSPS) is 17.0. The van der Waals surface area contributed by atoms with Gasteiger partial charge in [-0.1, -0.05) is 6.07 Å². The molecule has 2 nitrogen and oxygen atoms in total. The Morgan fingerprint density at radius 2 is 2.36 bits per heavy atom. The Labute approximate surface area is 82.9 Å². The van der Waals surface area contributed by atoms with Crippen LogP contribution in [0.1, 0.15) is 23.7 Å². The summed E-state index contributed by atoms with van der Waals surface area (Å²) >= 11 is 0. The molecule has 3 heteroatoms. The predicted octanol–water partition coefficient (Wildman–Crippen LogP) is 1.98. The maximum Gasteiger partial charge on any atom is 0.137 e. The van der Waals surface area contributed by atoms with Crippen molar-refractivity contribution >= 4 is 0 Å². The third-order valence-electron chi connectivity index (χ3n) is 2.50. The predicted molar refractivity (Wildman–Crippen MR) is 53.2 cm³/mol. The quantitative estimate of drug-likeness (QED) is 0.783. The summed E-state index contributed by atoms with van der Waals surface area (Å²) in [5, 5.41) is 0. The first kappa shape index (κ1) is 9.46. The molecule has 0 radical (unpaired) electrons. The monoisotopic (exact) mass is 195 g/mol. The van der Waals surface area contributed by atoms with Crippen molar-refractivity contribution in [2.24, 2.45) is 5.73 Å². The Hall–Kier alpha value is -1.09. The van der Waals surface area contributed by atoms with Crippen LogP contribution in [0.2, 0.25) is 0 Å². The molecule has 14 heavy (non-hydrogen) atoms. The van der Waals surface area contributed by atoms with E-state index in [1.165, 1.54) is 0 Å². The van der Waals surface area contributed by atoms with Crippen molar-refractivity contribution in [3.05, 3.63) is 29.3 Å². The number of nitrogens with two attached hydrogens (primary N) is 1. The Morgan fingerprint density at radius 1 is 1.50 bits per heavy atom. The van der Waals surface area contributed by atoms with Crippen molar-refractivity contribution in [2.45, 2.75) is 19.0 Å². The molecule has 0 spiro atoms. The fourth-order valence-electron chi connectivity index (χ4n) is 1.71. The van der Waals surface area contributed by atoms with Crippen LogP contribution in [-0.2, 0) is 6.42 Å². The lowest BCUT2D eigenvalue weighted by molar-refractivity contribution is 0.287. The lowest BCUT2D eigenvalue weighted by atomic mass is 10.0. The summed E-state index contributed by atoms with van der Waals surface area (Å²) in [6.07, 6.45) is 0.929. The first-order valence-corrected chi connectivity index (χ1v) is 4.91. The number of aryl methyl sites for hydroxylation is 1. The lowest BCUT2D eigenvalue weighted by Crippen LogP contribution is -2.11. The molecule has 1 aromatic carbocycles. The highest BCUT2D eigenvalue weighted by atomic mass is 19.1. The van der Waals surface area contributed by atoms with Crippen molar-refractivity contribution < 1.29 is 9.13 Å². The minimum Gasteiger partial charge on any atom is -0.493 e. The van der Waals surface area contributed by atoms with E-state index in [2.05, 4.69) is 0 Å². The molecule has 0 bridgehead atoms. The van der Waals surface area contributed by atoms with Crippen molar-refractivity contribution in [1.29, 1.82) is 0 Å². The third kappa shape index (κ3) is 1.73. The summed E-state index contributed by atoms with van der Waals surface area (Å²) < 4.78 is 18.7. The van der Waals surface area contributed by atoms with Crippen LogP contribution in [0.25, 0.3) is 0 Å². The van der Waals surface area contributed by atoms with Gasteiger partial charge in [-0.3, -0.25) is 0 Å². The summed E-state index contributed by atoms with van der Waals surface area (Å²) in [5.41, 5.74) is 7.04. The molecule has 1 aliphatic heterocycles. The minimum atomic E-state index is -1.05. The second kappa shape index (κ2) is 3.96. The van der Waals surface area contributed by atoms with E-state index in [4.69, 9.17) is 10.5 Å². The fraction of sp³-hybridized carbons (Fsp3) is 0.455. The van der Waals surface area contributed by atoms with Gasteiger partial charge in [0.1, 0.15) is 11.9 Å². The largest absolute Gasteiger partial charge is 0.493 e. The third-order valence-corrected chi connectivity index (χ3v) is 2.50. The average Bonchev–Trinajstić information content (AvgIpc) is 2.27. The van der Waals surface area contributed by atoms with Crippen molar-refractivity contribution in [2.75, 3.05) is 13.2 Å². The molecular formula is C11H14FNO. The Balaban J connectivity index is 2.29. The van der Waals surface area contributed by atoms with Gasteiger partial charge in [0.25, 0.3) is 0 Å². The van der Waals surface area contributed by atoms with Crippen LogP contribution < -0.4 is 10.5 Å². The topological polar surface area (TPSA) is 35.2 Å². The lowest BCUT2D eigenvalue weighted by Gasteiger charge is -2.18. The Morgan fingerprint density at radius 3 is 3.14 bits per heavy atom. The molecule has 1 atom stereocenters. The second-order valence-electron chi connectivity index (χ2n) is 3.52. The Bertz CT molecular complexity index is 327. The van der Waals surface area contributed by atoms with Gasteiger partial charge >= 0.3 is 0 Å². The number of alkyl halides is 1. The van der Waals surface area contributed by atoms with Gasteiger partial charge in [0.2, 0.25) is 0 Å². The van der Waals surface area contributed by atoms with E-state index in [-0.39, 0.29) is 6.54 Å². The van der Waals surface area contributed by atoms with Crippen LogP contribution in [0.5, 0.6) is 5.75 Å². The smallest absolute Gasteiger partial charge is 0.137 e. The highest BCUT2D eigenvalue weighted by Gasteiger charge is 2.13. The first-order valence-electron chi connectivity index (χ1n) is 4.91. The molecule has 76 valence electrons. The zero-order valence-electron chi connectivity index (χ0n) is 8.00. The van der Waals surface area contributed by atoms with E-state index >= 15 is 0 Å². The van der Waals surface area contributed by atoms with E-state index in [0.717, 1.165) is 30.8 Å². The highest BCUT2D eigenvalue weighted by Crippen LogP contribution is 2.28. The van der Waals surface area contributed by atoms with Crippen LogP contribution in [-0.4, -0.2) is 13.2 Å². The molecule has 0 amide bonds. The number of hydrogen-bond acceptors (Lipinski definition) is 2. The highest BCUT2D eigenvalue weighted by molar-refractivity contribution is 5.39. The van der Waals surface area contributed by atoms with E-state index in [1.807, 2.05) is 12.1 Å². The van der Waals surface area contributed by atoms with Gasteiger partial charge in [-0.05, 0) is 36.1 Å². The van der Waals surface area contributed by atoms with Gasteiger partial charge in [-0.2, -0.15) is 0 Å². The van der Waals surface area contributed by atoms with Crippen LogP contribution in [0, 0.1) is 0 Å². The van der Waals surface area contributed by atoms with Crippen LogP contribution in [0.3, 0.4) is 0 Å². The van der Waals surface area contributed by atoms with Crippen molar-refractivity contribution in [3.8, 4) is 5.75 Å². The molecule has 0 aromatic heterocycles. The summed E-state index contributed by atoms with van der Waals surface area (Å²) in [5.74, 6) is 0.893. The molecular weight excluding hydrogens is 181 g/mol. The number of halogens is 1.